The van der Waals surface area contributed by atoms with Crippen LogP contribution < -0.4 is 5.56 Å². The van der Waals surface area contributed by atoms with Gasteiger partial charge in [-0.15, -0.1) is 11.3 Å². The maximum atomic E-state index is 13.7. The van der Waals surface area contributed by atoms with Crippen LogP contribution in [0.25, 0.3) is 16.5 Å². The van der Waals surface area contributed by atoms with E-state index in [0.717, 1.165) is 23.5 Å². The number of benzene rings is 2. The van der Waals surface area contributed by atoms with E-state index in [1.807, 2.05) is 0 Å². The molecule has 0 unspecified atom stereocenters. The van der Waals surface area contributed by atoms with Crippen molar-refractivity contribution in [3.05, 3.63) is 81.1 Å². The zero-order valence-corrected chi connectivity index (χ0v) is 19.1. The van der Waals surface area contributed by atoms with Gasteiger partial charge in [0.2, 0.25) is 11.0 Å². The number of esters is 1. The third kappa shape index (κ3) is 4.94. The van der Waals surface area contributed by atoms with E-state index in [1.165, 1.54) is 24.4 Å². The number of aliphatic imine (C=N–C) groups is 1. The summed E-state index contributed by atoms with van der Waals surface area (Å²) in [7, 11) is 0. The summed E-state index contributed by atoms with van der Waals surface area (Å²) in [4.78, 5) is 33.3. The number of carbonyl (C=O) groups is 1. The lowest BCUT2D eigenvalue weighted by molar-refractivity contribution is -0.142. The van der Waals surface area contributed by atoms with Crippen molar-refractivity contribution in [3.8, 4) is 11.6 Å². The molecule has 2 aromatic heterocycles. The van der Waals surface area contributed by atoms with Crippen LogP contribution in [0.15, 0.2) is 63.7 Å². The van der Waals surface area contributed by atoms with E-state index in [-0.39, 0.29) is 29.1 Å². The van der Waals surface area contributed by atoms with Crippen molar-refractivity contribution in [1.82, 2.24) is 9.55 Å². The molecule has 180 valence electrons. The largest absolute Gasteiger partial charge is 0.494 e. The molecule has 0 aliphatic rings. The summed E-state index contributed by atoms with van der Waals surface area (Å²) in [6.07, 6.45) is -3.55. The molecule has 1 N–H and O–H groups in total. The molecule has 0 saturated heterocycles. The fourth-order valence-corrected chi connectivity index (χ4v) is 4.20. The van der Waals surface area contributed by atoms with Crippen LogP contribution in [-0.2, 0) is 22.1 Å². The number of aromatic hydroxyl groups is 1. The van der Waals surface area contributed by atoms with Crippen molar-refractivity contribution < 1.29 is 27.8 Å². The molecule has 0 fully saturated rings. The van der Waals surface area contributed by atoms with Crippen LogP contribution in [0.3, 0.4) is 0 Å². The molecule has 0 aliphatic heterocycles. The van der Waals surface area contributed by atoms with E-state index in [9.17, 15) is 27.9 Å². The number of aromatic nitrogens is 2. The molecule has 2 aromatic carbocycles. The zero-order chi connectivity index (χ0) is 25.2. The summed E-state index contributed by atoms with van der Waals surface area (Å²) < 4.78 is 46.5. The number of ether oxygens (including phenoxy) is 1. The lowest BCUT2D eigenvalue weighted by Crippen LogP contribution is -2.23. The molecule has 0 radical (unpaired) electrons. The summed E-state index contributed by atoms with van der Waals surface area (Å²) in [6.45, 7) is 1.94. The van der Waals surface area contributed by atoms with Crippen molar-refractivity contribution in [2.75, 3.05) is 6.61 Å². The van der Waals surface area contributed by atoms with E-state index in [1.54, 1.807) is 30.5 Å². The molecule has 0 aliphatic carbocycles. The van der Waals surface area contributed by atoms with Crippen LogP contribution in [0.1, 0.15) is 23.7 Å². The molecule has 0 amide bonds. The second kappa shape index (κ2) is 9.71. The van der Waals surface area contributed by atoms with Crippen molar-refractivity contribution in [1.29, 1.82) is 0 Å². The first-order valence-corrected chi connectivity index (χ1v) is 11.3. The van der Waals surface area contributed by atoms with Crippen LogP contribution in [0, 0.1) is 0 Å². The second-order valence-corrected chi connectivity index (χ2v) is 8.14. The number of halogens is 3. The van der Waals surface area contributed by atoms with Gasteiger partial charge in [-0.2, -0.15) is 13.2 Å². The predicted octanol–water partition coefficient (Wildman–Crippen LogP) is 5.03. The topological polar surface area (TPSA) is 93.8 Å². The Bertz CT molecular complexity index is 1490. The number of thiazole rings is 1. The summed E-state index contributed by atoms with van der Waals surface area (Å²) in [5.41, 5.74) is -1.90. The van der Waals surface area contributed by atoms with E-state index >= 15 is 0 Å². The minimum Gasteiger partial charge on any atom is -0.494 e. The van der Waals surface area contributed by atoms with Crippen LogP contribution >= 0.6 is 11.3 Å². The maximum absolute atomic E-state index is 13.7. The highest BCUT2D eigenvalue weighted by atomic mass is 32.1. The quantitative estimate of drug-likeness (QED) is 0.296. The maximum Gasteiger partial charge on any atom is 0.418 e. The number of nitrogens with zero attached hydrogens (tertiary/aromatic N) is 3. The van der Waals surface area contributed by atoms with Crippen molar-refractivity contribution in [2.24, 2.45) is 4.99 Å². The number of pyridine rings is 1. The standard InChI is InChI=1S/C24H18F3N3O4S/c1-2-34-20(31)11-14-13-35-23(29-14)28-12-17-15-7-3-4-8-16(15)21(32)30(22(17)33)19-10-6-5-9-18(19)24(25,26)27/h3-10,12-13,33H,2,11H2,1H3. The fourth-order valence-electron chi connectivity index (χ4n) is 3.54. The Morgan fingerprint density at radius 1 is 1.17 bits per heavy atom. The number of hydrogen-bond acceptors (Lipinski definition) is 7. The lowest BCUT2D eigenvalue weighted by atomic mass is 10.1. The van der Waals surface area contributed by atoms with Gasteiger partial charge in [-0.05, 0) is 25.1 Å². The van der Waals surface area contributed by atoms with Crippen molar-refractivity contribution in [3.63, 3.8) is 0 Å². The van der Waals surface area contributed by atoms with Gasteiger partial charge in [-0.3, -0.25) is 9.59 Å². The average molecular weight is 501 g/mol. The average Bonchev–Trinajstić information content (AvgIpc) is 3.26. The van der Waals surface area contributed by atoms with Crippen LogP contribution in [-0.4, -0.2) is 33.4 Å². The van der Waals surface area contributed by atoms with Crippen molar-refractivity contribution >= 4 is 39.4 Å². The van der Waals surface area contributed by atoms with E-state index in [0.29, 0.717) is 15.6 Å². The van der Waals surface area contributed by atoms with Crippen LogP contribution in [0.5, 0.6) is 5.88 Å². The molecule has 0 saturated carbocycles. The minimum absolute atomic E-state index is 0.0346. The first-order chi connectivity index (χ1) is 16.7. The fraction of sp³-hybridized carbons (Fsp3) is 0.167. The van der Waals surface area contributed by atoms with Gasteiger partial charge in [-0.1, -0.05) is 30.3 Å². The first kappa shape index (κ1) is 24.1. The Labute approximate surface area is 200 Å². The Morgan fingerprint density at radius 2 is 1.86 bits per heavy atom. The molecular weight excluding hydrogens is 483 g/mol. The predicted molar refractivity (Wildman–Crippen MR) is 126 cm³/mol. The third-order valence-corrected chi connectivity index (χ3v) is 5.83. The first-order valence-electron chi connectivity index (χ1n) is 10.4. The molecule has 0 atom stereocenters. The number of para-hydroxylation sites is 1. The number of carbonyl (C=O) groups excluding carboxylic acids is 1. The Balaban J connectivity index is 1.84. The SMILES string of the molecule is CCOC(=O)Cc1csc(N=Cc2c(O)n(-c3ccccc3C(F)(F)F)c(=O)c3ccccc23)n1. The number of fused-ring (bicyclic) bond motifs is 1. The minimum atomic E-state index is -4.75. The Kier molecular flexibility index (Phi) is 6.70. The second-order valence-electron chi connectivity index (χ2n) is 7.30. The van der Waals surface area contributed by atoms with Gasteiger partial charge in [0, 0.05) is 22.4 Å². The van der Waals surface area contributed by atoms with Crippen molar-refractivity contribution in [2.45, 2.75) is 19.5 Å². The molecule has 11 heteroatoms. The van der Waals surface area contributed by atoms with E-state index < -0.39 is 34.8 Å². The number of hydrogen-bond donors (Lipinski definition) is 1. The summed E-state index contributed by atoms with van der Waals surface area (Å²) >= 11 is 1.13. The molecule has 0 spiro atoms. The van der Waals surface area contributed by atoms with Crippen LogP contribution in [0.2, 0.25) is 0 Å². The highest BCUT2D eigenvalue weighted by molar-refractivity contribution is 7.13. The summed E-state index contributed by atoms with van der Waals surface area (Å²) in [5, 5.41) is 13.3. The lowest BCUT2D eigenvalue weighted by Gasteiger charge is -2.17. The van der Waals surface area contributed by atoms with Gasteiger partial charge in [0.15, 0.2) is 0 Å². The summed E-state index contributed by atoms with van der Waals surface area (Å²) in [6, 6.07) is 10.7. The van der Waals surface area contributed by atoms with Gasteiger partial charge in [0.05, 0.1) is 35.5 Å². The van der Waals surface area contributed by atoms with Crippen LogP contribution in [0.4, 0.5) is 18.3 Å². The Morgan fingerprint density at radius 3 is 2.57 bits per heavy atom. The Hall–Kier alpha value is -3.99. The van der Waals surface area contributed by atoms with Gasteiger partial charge < -0.3 is 9.84 Å². The smallest absolute Gasteiger partial charge is 0.418 e. The molecule has 35 heavy (non-hydrogen) atoms. The molecule has 4 rings (SSSR count). The molecule has 0 bridgehead atoms. The molecule has 4 aromatic rings. The third-order valence-electron chi connectivity index (χ3n) is 5.03. The van der Waals surface area contributed by atoms with Gasteiger partial charge in [0.25, 0.3) is 5.56 Å². The highest BCUT2D eigenvalue weighted by Crippen LogP contribution is 2.36. The normalized spacial score (nSPS) is 11.9. The number of rotatable bonds is 6. The van der Waals surface area contributed by atoms with Gasteiger partial charge >= 0.3 is 12.1 Å². The van der Waals surface area contributed by atoms with Gasteiger partial charge in [0.1, 0.15) is 0 Å². The van der Waals surface area contributed by atoms with Gasteiger partial charge in [-0.25, -0.2) is 14.5 Å². The highest BCUT2D eigenvalue weighted by Gasteiger charge is 2.34. The summed E-state index contributed by atoms with van der Waals surface area (Å²) in [5.74, 6) is -1.13. The zero-order valence-electron chi connectivity index (χ0n) is 18.2. The number of alkyl halides is 3. The monoisotopic (exact) mass is 501 g/mol. The molecular formula is C24H18F3N3O4S. The molecule has 7 nitrogen and oxygen atoms in total. The van der Waals surface area contributed by atoms with E-state index in [4.69, 9.17) is 4.74 Å². The van der Waals surface area contributed by atoms with E-state index in [2.05, 4.69) is 9.98 Å². The molecule has 2 heterocycles.